The van der Waals surface area contributed by atoms with Crippen LogP contribution in [0.2, 0.25) is 0 Å². The highest BCUT2D eigenvalue weighted by Gasteiger charge is 2.01. The molecule has 0 aromatic carbocycles. The van der Waals surface area contributed by atoms with Crippen LogP contribution in [-0.2, 0) is 0 Å². The van der Waals surface area contributed by atoms with Crippen molar-refractivity contribution in [1.29, 1.82) is 0 Å². The Hall–Kier alpha value is 0.310. The number of aliphatic hydroxyl groups is 1. The van der Waals surface area contributed by atoms with E-state index in [0.29, 0.717) is 11.9 Å². The van der Waals surface area contributed by atoms with Crippen LogP contribution in [0.15, 0.2) is 0 Å². The molecule has 9 heavy (non-hydrogen) atoms. The lowest BCUT2D eigenvalue weighted by atomic mass is 10.3. The Kier molecular flexibility index (Phi) is 6.65. The summed E-state index contributed by atoms with van der Waals surface area (Å²) in [5, 5.41) is 9.21. The quantitative estimate of drug-likeness (QED) is 0.642. The summed E-state index contributed by atoms with van der Waals surface area (Å²) >= 11 is 1.87. The maximum absolute atomic E-state index is 8.73. The summed E-state index contributed by atoms with van der Waals surface area (Å²) in [6, 6.07) is 0. The summed E-state index contributed by atoms with van der Waals surface area (Å²) < 4.78 is 0. The number of aliphatic hydroxyl groups excluding tert-OH is 1. The third kappa shape index (κ3) is 4.79. The minimum atomic E-state index is 0.334. The van der Waals surface area contributed by atoms with Gasteiger partial charge in [-0.3, -0.25) is 0 Å². The molecule has 0 heterocycles. The molecule has 0 rings (SSSR count). The number of thioether (sulfide) groups is 1. The van der Waals surface area contributed by atoms with Gasteiger partial charge in [-0.2, -0.15) is 11.8 Å². The van der Waals surface area contributed by atoms with Gasteiger partial charge in [0.1, 0.15) is 0 Å². The van der Waals surface area contributed by atoms with Gasteiger partial charge in [0.15, 0.2) is 0 Å². The van der Waals surface area contributed by atoms with E-state index in [4.69, 9.17) is 5.11 Å². The Bertz CT molecular complexity index is 52.9. The standard InChI is InChI=1S/C7H16OS/c1-3-5-9-7(4-2)6-8/h7-8H,3-6H2,1-2H3. The van der Waals surface area contributed by atoms with Crippen molar-refractivity contribution in [3.8, 4) is 0 Å². The summed E-state index contributed by atoms with van der Waals surface area (Å²) in [6.07, 6.45) is 2.29. The fourth-order valence-corrected chi connectivity index (χ4v) is 1.49. The van der Waals surface area contributed by atoms with Gasteiger partial charge in [-0.05, 0) is 18.6 Å². The summed E-state index contributed by atoms with van der Waals surface area (Å²) in [7, 11) is 0. The molecule has 0 amide bonds. The molecule has 0 saturated carbocycles. The van der Waals surface area contributed by atoms with Crippen molar-refractivity contribution < 1.29 is 5.11 Å². The van der Waals surface area contributed by atoms with Crippen molar-refractivity contribution >= 4 is 11.8 Å². The molecule has 1 unspecified atom stereocenters. The maximum Gasteiger partial charge on any atom is 0.0549 e. The highest BCUT2D eigenvalue weighted by molar-refractivity contribution is 7.99. The van der Waals surface area contributed by atoms with E-state index in [9.17, 15) is 0 Å². The van der Waals surface area contributed by atoms with Gasteiger partial charge in [-0.15, -0.1) is 0 Å². The molecule has 1 atom stereocenters. The van der Waals surface area contributed by atoms with E-state index < -0.39 is 0 Å². The molecule has 0 aliphatic carbocycles. The average molecular weight is 148 g/mol. The second-order valence-corrected chi connectivity index (χ2v) is 3.49. The first-order valence-corrected chi connectivity index (χ1v) is 4.62. The third-order valence-electron chi connectivity index (χ3n) is 1.22. The van der Waals surface area contributed by atoms with Crippen LogP contribution in [0.1, 0.15) is 26.7 Å². The minimum absolute atomic E-state index is 0.334. The molecular formula is C7H16OS. The lowest BCUT2D eigenvalue weighted by molar-refractivity contribution is 0.292. The second kappa shape index (κ2) is 6.43. The van der Waals surface area contributed by atoms with Crippen molar-refractivity contribution in [2.45, 2.75) is 31.9 Å². The van der Waals surface area contributed by atoms with Gasteiger partial charge in [-0.1, -0.05) is 13.8 Å². The average Bonchev–Trinajstić information content (AvgIpc) is 1.91. The second-order valence-electron chi connectivity index (χ2n) is 2.08. The zero-order valence-electron chi connectivity index (χ0n) is 6.26. The van der Waals surface area contributed by atoms with Crippen molar-refractivity contribution in [2.75, 3.05) is 12.4 Å². The first-order chi connectivity index (χ1) is 4.35. The molecule has 1 nitrogen and oxygen atoms in total. The molecule has 2 heteroatoms. The van der Waals surface area contributed by atoms with Crippen LogP contribution in [0.4, 0.5) is 0 Å². The molecule has 0 aromatic heterocycles. The lowest BCUT2D eigenvalue weighted by Gasteiger charge is -2.08. The lowest BCUT2D eigenvalue weighted by Crippen LogP contribution is -2.06. The van der Waals surface area contributed by atoms with Crippen LogP contribution in [-0.4, -0.2) is 22.7 Å². The third-order valence-corrected chi connectivity index (χ3v) is 2.81. The predicted octanol–water partition coefficient (Wildman–Crippen LogP) is 1.90. The van der Waals surface area contributed by atoms with E-state index in [1.807, 2.05) is 11.8 Å². The molecule has 0 radical (unpaired) electrons. The first-order valence-electron chi connectivity index (χ1n) is 3.57. The summed E-state index contributed by atoms with van der Waals surface area (Å²) in [5.41, 5.74) is 0. The summed E-state index contributed by atoms with van der Waals surface area (Å²) in [5.74, 6) is 1.18. The van der Waals surface area contributed by atoms with Crippen LogP contribution in [0, 0.1) is 0 Å². The molecule has 56 valence electrons. The molecule has 0 saturated heterocycles. The fourth-order valence-electron chi connectivity index (χ4n) is 0.584. The number of hydrogen-bond acceptors (Lipinski definition) is 2. The van der Waals surface area contributed by atoms with Crippen LogP contribution < -0.4 is 0 Å². The smallest absolute Gasteiger partial charge is 0.0549 e. The van der Waals surface area contributed by atoms with Gasteiger partial charge in [0.05, 0.1) is 6.61 Å². The van der Waals surface area contributed by atoms with E-state index >= 15 is 0 Å². The topological polar surface area (TPSA) is 20.2 Å². The van der Waals surface area contributed by atoms with E-state index in [1.165, 1.54) is 12.2 Å². The number of rotatable bonds is 5. The van der Waals surface area contributed by atoms with E-state index in [-0.39, 0.29) is 0 Å². The summed E-state index contributed by atoms with van der Waals surface area (Å²) in [6.45, 7) is 4.61. The van der Waals surface area contributed by atoms with Gasteiger partial charge in [0.2, 0.25) is 0 Å². The molecule has 0 aliphatic heterocycles. The molecule has 0 bridgehead atoms. The summed E-state index contributed by atoms with van der Waals surface area (Å²) in [4.78, 5) is 0. The molecule has 0 aliphatic rings. The first kappa shape index (κ1) is 9.31. The van der Waals surface area contributed by atoms with Gasteiger partial charge in [0, 0.05) is 5.25 Å². The Morgan fingerprint density at radius 2 is 2.11 bits per heavy atom. The maximum atomic E-state index is 8.73. The van der Waals surface area contributed by atoms with Gasteiger partial charge < -0.3 is 5.11 Å². The van der Waals surface area contributed by atoms with Gasteiger partial charge in [0.25, 0.3) is 0 Å². The van der Waals surface area contributed by atoms with Gasteiger partial charge >= 0.3 is 0 Å². The van der Waals surface area contributed by atoms with Crippen molar-refractivity contribution in [1.82, 2.24) is 0 Å². The number of hydrogen-bond donors (Lipinski definition) is 1. The fraction of sp³-hybridized carbons (Fsp3) is 1.00. The zero-order chi connectivity index (χ0) is 7.11. The van der Waals surface area contributed by atoms with E-state index in [0.717, 1.165) is 6.42 Å². The highest BCUT2D eigenvalue weighted by Crippen LogP contribution is 2.13. The molecule has 0 fully saturated rings. The molecular weight excluding hydrogens is 132 g/mol. The molecule has 1 N–H and O–H groups in total. The normalized spacial score (nSPS) is 13.7. The van der Waals surface area contributed by atoms with Crippen molar-refractivity contribution in [3.63, 3.8) is 0 Å². The largest absolute Gasteiger partial charge is 0.395 e. The Balaban J connectivity index is 3.09. The van der Waals surface area contributed by atoms with Crippen LogP contribution in [0.3, 0.4) is 0 Å². The van der Waals surface area contributed by atoms with Crippen LogP contribution in [0.5, 0.6) is 0 Å². The van der Waals surface area contributed by atoms with Crippen molar-refractivity contribution in [2.24, 2.45) is 0 Å². The molecule has 0 spiro atoms. The van der Waals surface area contributed by atoms with E-state index in [2.05, 4.69) is 13.8 Å². The van der Waals surface area contributed by atoms with E-state index in [1.54, 1.807) is 0 Å². The van der Waals surface area contributed by atoms with Crippen molar-refractivity contribution in [3.05, 3.63) is 0 Å². The van der Waals surface area contributed by atoms with Gasteiger partial charge in [-0.25, -0.2) is 0 Å². The SMILES string of the molecule is CCCSC(CC)CO. The minimum Gasteiger partial charge on any atom is -0.395 e. The monoisotopic (exact) mass is 148 g/mol. The Labute approximate surface area is 61.8 Å². The van der Waals surface area contributed by atoms with Crippen LogP contribution in [0.25, 0.3) is 0 Å². The highest BCUT2D eigenvalue weighted by atomic mass is 32.2. The predicted molar refractivity (Wildman–Crippen MR) is 43.9 cm³/mol. The Morgan fingerprint density at radius 3 is 2.44 bits per heavy atom. The zero-order valence-corrected chi connectivity index (χ0v) is 7.08. The van der Waals surface area contributed by atoms with Crippen LogP contribution >= 0.6 is 11.8 Å². The Morgan fingerprint density at radius 1 is 1.44 bits per heavy atom. The molecule has 0 aromatic rings.